The fraction of sp³-hybridized carbons (Fsp3) is 0.304. The van der Waals surface area contributed by atoms with E-state index in [-0.39, 0.29) is 0 Å². The van der Waals surface area contributed by atoms with Crippen molar-refractivity contribution in [2.75, 3.05) is 31.4 Å². The molecule has 0 amide bonds. The number of rotatable bonds is 9. The summed E-state index contributed by atoms with van der Waals surface area (Å²) in [6.45, 7) is 0. The minimum absolute atomic E-state index is 0.573. The molecule has 2 N–H and O–H groups in total. The molecule has 4 aromatic rings. The number of methoxy groups -OCH3 is 3. The monoisotopic (exact) mass is 467 g/mol. The fourth-order valence-electron chi connectivity index (χ4n) is 3.64. The van der Waals surface area contributed by atoms with Gasteiger partial charge in [-0.1, -0.05) is 11.2 Å². The molecular weight excluding hydrogens is 442 g/mol. The van der Waals surface area contributed by atoms with Gasteiger partial charge in [0.1, 0.15) is 28.0 Å². The third-order valence-electron chi connectivity index (χ3n) is 5.58. The minimum Gasteiger partial charge on any atom is -0.495 e. The van der Waals surface area contributed by atoms with Gasteiger partial charge in [-0.2, -0.15) is 5.10 Å². The second kappa shape index (κ2) is 8.78. The van der Waals surface area contributed by atoms with Gasteiger partial charge in [0.2, 0.25) is 0 Å². The average molecular weight is 468 g/mol. The predicted octanol–water partition coefficient (Wildman–Crippen LogP) is 5.33. The van der Waals surface area contributed by atoms with E-state index in [4.69, 9.17) is 18.7 Å². The number of nitrogens with one attached hydrogen (secondary N) is 2. The summed E-state index contributed by atoms with van der Waals surface area (Å²) in [6.07, 6.45) is 2.41. The van der Waals surface area contributed by atoms with Crippen LogP contribution in [0.3, 0.4) is 0 Å². The fourth-order valence-corrected chi connectivity index (χ4v) is 4.49. The van der Waals surface area contributed by atoms with Crippen molar-refractivity contribution in [3.8, 4) is 17.2 Å². The Balaban J connectivity index is 1.41. The molecule has 2 aromatic heterocycles. The molecule has 0 unspecified atom stereocenters. The van der Waals surface area contributed by atoms with Crippen molar-refractivity contribution >= 4 is 40.2 Å². The van der Waals surface area contributed by atoms with Crippen LogP contribution in [-0.4, -0.2) is 36.3 Å². The average Bonchev–Trinajstić information content (AvgIpc) is 3.52. The summed E-state index contributed by atoms with van der Waals surface area (Å²) < 4.78 is 27.3. The number of aromatic nitrogens is 3. The Kier molecular flexibility index (Phi) is 5.67. The van der Waals surface area contributed by atoms with Gasteiger partial charge in [-0.05, 0) is 43.0 Å². The van der Waals surface area contributed by atoms with Crippen molar-refractivity contribution in [1.29, 1.82) is 0 Å². The Hall–Kier alpha value is -3.53. The molecule has 2 aromatic carbocycles. The molecular formula is C23H25N5O4S. The van der Waals surface area contributed by atoms with Gasteiger partial charge in [0, 0.05) is 25.1 Å². The van der Waals surface area contributed by atoms with Crippen LogP contribution in [-0.2, 0) is 7.05 Å². The molecule has 0 bridgehead atoms. The molecule has 1 fully saturated rings. The molecule has 9 nitrogen and oxygen atoms in total. The summed E-state index contributed by atoms with van der Waals surface area (Å²) in [5.74, 6) is 4.12. The second-order valence-corrected chi connectivity index (χ2v) is 8.57. The highest BCUT2D eigenvalue weighted by atomic mass is 32.2. The number of fused-ring (bicyclic) bond motifs is 1. The molecule has 10 heteroatoms. The van der Waals surface area contributed by atoms with Crippen molar-refractivity contribution in [3.05, 3.63) is 42.1 Å². The van der Waals surface area contributed by atoms with Crippen LogP contribution in [0.15, 0.2) is 45.8 Å². The largest absolute Gasteiger partial charge is 0.495 e. The first-order valence-corrected chi connectivity index (χ1v) is 11.3. The van der Waals surface area contributed by atoms with Gasteiger partial charge < -0.3 is 28.8 Å². The lowest BCUT2D eigenvalue weighted by Crippen LogP contribution is -2.01. The SMILES string of the molecule is COc1cc2c(NSc3c(OC)cccc3OC)noc2cc1Nc1cc(C2CC2)nn1C. The van der Waals surface area contributed by atoms with Crippen LogP contribution in [0, 0.1) is 0 Å². The van der Waals surface area contributed by atoms with Gasteiger partial charge in [-0.3, -0.25) is 4.68 Å². The van der Waals surface area contributed by atoms with Crippen molar-refractivity contribution in [2.45, 2.75) is 23.7 Å². The first-order valence-electron chi connectivity index (χ1n) is 10.5. The van der Waals surface area contributed by atoms with Crippen LogP contribution in [0.1, 0.15) is 24.5 Å². The maximum absolute atomic E-state index is 5.66. The van der Waals surface area contributed by atoms with E-state index < -0.39 is 0 Å². The highest BCUT2D eigenvalue weighted by Gasteiger charge is 2.27. The molecule has 0 saturated heterocycles. The summed E-state index contributed by atoms with van der Waals surface area (Å²) in [7, 11) is 6.82. The lowest BCUT2D eigenvalue weighted by atomic mass is 10.2. The Morgan fingerprint density at radius 2 is 1.76 bits per heavy atom. The van der Waals surface area contributed by atoms with Gasteiger partial charge in [0.15, 0.2) is 11.4 Å². The first-order chi connectivity index (χ1) is 16.1. The molecule has 1 aliphatic rings. The van der Waals surface area contributed by atoms with E-state index in [0.717, 1.165) is 27.5 Å². The van der Waals surface area contributed by atoms with Crippen molar-refractivity contribution < 1.29 is 18.7 Å². The molecule has 2 heterocycles. The van der Waals surface area contributed by atoms with E-state index in [2.05, 4.69) is 26.4 Å². The Morgan fingerprint density at radius 3 is 2.42 bits per heavy atom. The molecule has 5 rings (SSSR count). The van der Waals surface area contributed by atoms with Crippen molar-refractivity contribution in [1.82, 2.24) is 14.9 Å². The highest BCUT2D eigenvalue weighted by Crippen LogP contribution is 2.42. The third kappa shape index (κ3) is 4.13. The molecule has 0 radical (unpaired) electrons. The quantitative estimate of drug-likeness (QED) is 0.317. The van der Waals surface area contributed by atoms with Crippen molar-refractivity contribution in [2.24, 2.45) is 7.05 Å². The molecule has 0 spiro atoms. The van der Waals surface area contributed by atoms with Crippen molar-refractivity contribution in [3.63, 3.8) is 0 Å². The van der Waals surface area contributed by atoms with Crippen LogP contribution in [0.4, 0.5) is 17.3 Å². The number of aryl methyl sites for hydroxylation is 1. The van der Waals surface area contributed by atoms with Crippen LogP contribution >= 0.6 is 11.9 Å². The zero-order chi connectivity index (χ0) is 22.9. The Labute approximate surface area is 195 Å². The van der Waals surface area contributed by atoms with E-state index in [0.29, 0.717) is 34.6 Å². The molecule has 0 atom stereocenters. The van der Waals surface area contributed by atoms with Gasteiger partial charge in [-0.25, -0.2) is 0 Å². The van der Waals surface area contributed by atoms with Gasteiger partial charge in [-0.15, -0.1) is 0 Å². The van der Waals surface area contributed by atoms with Crippen LogP contribution in [0.2, 0.25) is 0 Å². The predicted molar refractivity (Wildman–Crippen MR) is 128 cm³/mol. The van der Waals surface area contributed by atoms with Crippen LogP contribution in [0.5, 0.6) is 17.2 Å². The molecule has 172 valence electrons. The number of nitrogens with zero attached hydrogens (tertiary/aromatic N) is 3. The number of hydrogen-bond acceptors (Lipinski definition) is 9. The summed E-state index contributed by atoms with van der Waals surface area (Å²) >= 11 is 1.34. The normalized spacial score (nSPS) is 13.2. The standard InChI is InChI=1S/C23H25N5O4S/c1-28-21(12-15(25-28)13-8-9-13)24-16-11-19-14(10-20(16)31-4)23(26-32-19)27-33-22-17(29-2)6-5-7-18(22)30-3/h5-7,10-13,24H,8-9H2,1-4H3,(H,26,27). The Morgan fingerprint density at radius 1 is 1.03 bits per heavy atom. The topological polar surface area (TPSA) is 95.6 Å². The second-order valence-electron chi connectivity index (χ2n) is 7.75. The van der Waals surface area contributed by atoms with Gasteiger partial charge in [0.05, 0.1) is 38.1 Å². The zero-order valence-corrected chi connectivity index (χ0v) is 19.7. The summed E-state index contributed by atoms with van der Waals surface area (Å²) in [5.41, 5.74) is 2.52. The minimum atomic E-state index is 0.573. The van der Waals surface area contributed by atoms with E-state index in [9.17, 15) is 0 Å². The first kappa shape index (κ1) is 21.3. The smallest absolute Gasteiger partial charge is 0.187 e. The van der Waals surface area contributed by atoms with Gasteiger partial charge >= 0.3 is 0 Å². The summed E-state index contributed by atoms with van der Waals surface area (Å²) in [4.78, 5) is 0.812. The molecule has 1 aliphatic carbocycles. The summed E-state index contributed by atoms with van der Waals surface area (Å²) in [6, 6.07) is 11.5. The summed E-state index contributed by atoms with van der Waals surface area (Å²) in [5, 5.41) is 13.0. The number of anilines is 3. The molecule has 33 heavy (non-hydrogen) atoms. The van der Waals surface area contributed by atoms with E-state index in [1.165, 1.54) is 24.8 Å². The molecule has 0 aliphatic heterocycles. The lowest BCUT2D eigenvalue weighted by molar-refractivity contribution is 0.376. The van der Waals surface area contributed by atoms with E-state index in [1.807, 2.05) is 42.1 Å². The van der Waals surface area contributed by atoms with Crippen LogP contribution < -0.4 is 24.2 Å². The third-order valence-corrected chi connectivity index (χ3v) is 6.48. The lowest BCUT2D eigenvalue weighted by Gasteiger charge is -2.13. The van der Waals surface area contributed by atoms with Crippen LogP contribution in [0.25, 0.3) is 11.0 Å². The Bertz CT molecular complexity index is 1280. The van der Waals surface area contributed by atoms with E-state index >= 15 is 0 Å². The van der Waals surface area contributed by atoms with E-state index in [1.54, 1.807) is 21.3 Å². The number of hydrogen-bond donors (Lipinski definition) is 2. The highest BCUT2D eigenvalue weighted by molar-refractivity contribution is 8.00. The maximum atomic E-state index is 5.66. The number of ether oxygens (including phenoxy) is 3. The molecule has 1 saturated carbocycles. The zero-order valence-electron chi connectivity index (χ0n) is 18.8. The number of benzene rings is 2. The maximum Gasteiger partial charge on any atom is 0.187 e. The van der Waals surface area contributed by atoms with Gasteiger partial charge in [0.25, 0.3) is 0 Å².